The Kier molecular flexibility index (Phi) is 9.18. The first-order valence-electron chi connectivity index (χ1n) is 14.2. The zero-order valence-electron chi connectivity index (χ0n) is 24.1. The number of nitrogens with zero attached hydrogens (tertiary/aromatic N) is 2. The van der Waals surface area contributed by atoms with Crippen LogP contribution in [0.3, 0.4) is 0 Å². The number of aromatic nitrogens is 2. The van der Waals surface area contributed by atoms with E-state index < -0.39 is 34.9 Å². The van der Waals surface area contributed by atoms with Gasteiger partial charge in [-0.05, 0) is 78.8 Å². The van der Waals surface area contributed by atoms with Gasteiger partial charge in [0.2, 0.25) is 0 Å². The van der Waals surface area contributed by atoms with Crippen molar-refractivity contribution in [3.8, 4) is 39.4 Å². The largest absolute Gasteiger partial charge is 0.429 e. The lowest BCUT2D eigenvalue weighted by atomic mass is 10.0. The molecule has 0 radical (unpaired) electrons. The van der Waals surface area contributed by atoms with Crippen molar-refractivity contribution in [2.75, 3.05) is 0 Å². The van der Waals surface area contributed by atoms with E-state index in [1.54, 1.807) is 30.6 Å². The number of halogens is 5. The first-order chi connectivity index (χ1) is 21.2. The zero-order valence-corrected chi connectivity index (χ0v) is 24.1. The quantitative estimate of drug-likeness (QED) is 0.118. The third-order valence-electron chi connectivity index (χ3n) is 7.22. The highest BCUT2D eigenvalue weighted by atomic mass is 19.3. The minimum Gasteiger partial charge on any atom is -0.429 e. The molecule has 1 aromatic heterocycles. The monoisotopic (exact) mass is 600 g/mol. The summed E-state index contributed by atoms with van der Waals surface area (Å²) in [6.07, 6.45) is 5.71. The minimum absolute atomic E-state index is 0.0102. The van der Waals surface area contributed by atoms with Crippen molar-refractivity contribution in [2.24, 2.45) is 0 Å². The van der Waals surface area contributed by atoms with Crippen LogP contribution in [0.5, 0.6) is 5.75 Å². The fourth-order valence-corrected chi connectivity index (χ4v) is 4.77. The average molecular weight is 601 g/mol. The van der Waals surface area contributed by atoms with Gasteiger partial charge in [0.15, 0.2) is 5.82 Å². The predicted octanol–water partition coefficient (Wildman–Crippen LogP) is 10.1. The van der Waals surface area contributed by atoms with Crippen molar-refractivity contribution in [1.29, 1.82) is 0 Å². The van der Waals surface area contributed by atoms with E-state index in [9.17, 15) is 4.39 Å². The van der Waals surface area contributed by atoms with E-state index in [0.29, 0.717) is 17.0 Å². The molecule has 0 fully saturated rings. The van der Waals surface area contributed by atoms with Gasteiger partial charge in [0.05, 0.1) is 5.56 Å². The van der Waals surface area contributed by atoms with Crippen LogP contribution in [0.4, 0.5) is 22.0 Å². The van der Waals surface area contributed by atoms with Crippen molar-refractivity contribution < 1.29 is 26.7 Å². The van der Waals surface area contributed by atoms with Gasteiger partial charge < -0.3 is 4.74 Å². The Morgan fingerprint density at radius 1 is 0.705 bits per heavy atom. The van der Waals surface area contributed by atoms with Crippen molar-refractivity contribution in [1.82, 2.24) is 9.97 Å². The molecule has 4 aromatic carbocycles. The van der Waals surface area contributed by atoms with Crippen LogP contribution in [0.2, 0.25) is 0 Å². The van der Waals surface area contributed by atoms with Crippen LogP contribution in [-0.4, -0.2) is 9.97 Å². The summed E-state index contributed by atoms with van der Waals surface area (Å²) >= 11 is 0. The van der Waals surface area contributed by atoms with E-state index in [2.05, 4.69) is 9.97 Å². The molecular formula is C36H29F5N2O. The van der Waals surface area contributed by atoms with Gasteiger partial charge in [-0.25, -0.2) is 23.1 Å². The number of alkyl halides is 2. The Balaban J connectivity index is 1.31. The lowest BCUT2D eigenvalue weighted by Crippen LogP contribution is -2.23. The maximum absolute atomic E-state index is 15.1. The van der Waals surface area contributed by atoms with Crippen molar-refractivity contribution >= 4 is 0 Å². The zero-order chi connectivity index (χ0) is 31.3. The molecule has 3 nitrogen and oxygen atoms in total. The van der Waals surface area contributed by atoms with Gasteiger partial charge in [-0.3, -0.25) is 0 Å². The molecule has 0 N–H and O–H groups in total. The number of rotatable bonds is 10. The van der Waals surface area contributed by atoms with E-state index in [-0.39, 0.29) is 16.7 Å². The van der Waals surface area contributed by atoms with E-state index in [4.69, 9.17) is 4.74 Å². The van der Waals surface area contributed by atoms with Gasteiger partial charge in [0.1, 0.15) is 23.2 Å². The fourth-order valence-electron chi connectivity index (χ4n) is 4.77. The fraction of sp³-hybridized carbons (Fsp3) is 0.167. The van der Waals surface area contributed by atoms with E-state index in [1.165, 1.54) is 30.3 Å². The third-order valence-corrected chi connectivity index (χ3v) is 7.22. The minimum atomic E-state index is -4.13. The molecule has 0 saturated heterocycles. The second-order valence-electron chi connectivity index (χ2n) is 10.2. The summed E-state index contributed by atoms with van der Waals surface area (Å²) in [5.74, 6) is -2.91. The summed E-state index contributed by atoms with van der Waals surface area (Å²) in [5.41, 5.74) is 2.23. The first-order valence-corrected chi connectivity index (χ1v) is 14.2. The molecule has 44 heavy (non-hydrogen) atoms. The third kappa shape index (κ3) is 6.86. The number of benzene rings is 4. The van der Waals surface area contributed by atoms with Gasteiger partial charge in [-0.15, -0.1) is 0 Å². The van der Waals surface area contributed by atoms with Crippen molar-refractivity contribution in [2.45, 2.75) is 39.2 Å². The van der Waals surface area contributed by atoms with E-state index >= 15 is 17.6 Å². The predicted molar refractivity (Wildman–Crippen MR) is 162 cm³/mol. The van der Waals surface area contributed by atoms with Crippen molar-refractivity contribution in [3.05, 3.63) is 138 Å². The van der Waals surface area contributed by atoms with Gasteiger partial charge in [-0.1, -0.05) is 61.5 Å². The molecule has 1 heterocycles. The van der Waals surface area contributed by atoms with Crippen LogP contribution in [0.15, 0.2) is 103 Å². The van der Waals surface area contributed by atoms with Crippen molar-refractivity contribution in [3.63, 3.8) is 0 Å². The number of hydrogen-bond acceptors (Lipinski definition) is 3. The molecule has 0 aliphatic carbocycles. The highest BCUT2D eigenvalue weighted by molar-refractivity contribution is 5.69. The number of ether oxygens (including phenoxy) is 1. The second kappa shape index (κ2) is 13.2. The lowest BCUT2D eigenvalue weighted by molar-refractivity contribution is -0.187. The Hall–Kier alpha value is -4.85. The molecule has 0 aliphatic heterocycles. The molecule has 0 aliphatic rings. The van der Waals surface area contributed by atoms with Crippen LogP contribution in [0, 0.1) is 17.5 Å². The van der Waals surface area contributed by atoms with Crippen LogP contribution in [0.25, 0.3) is 33.6 Å². The summed E-state index contributed by atoms with van der Waals surface area (Å²) < 4.78 is 79.7. The molecule has 8 heteroatoms. The number of hydrogen-bond donors (Lipinski definition) is 0. The van der Waals surface area contributed by atoms with E-state index in [0.717, 1.165) is 48.6 Å². The molecule has 224 valence electrons. The molecular weight excluding hydrogens is 571 g/mol. The molecule has 0 amide bonds. The maximum atomic E-state index is 15.1. The molecule has 5 rings (SSSR count). The second-order valence-corrected chi connectivity index (χ2v) is 10.2. The van der Waals surface area contributed by atoms with Crippen LogP contribution in [0.1, 0.15) is 37.0 Å². The molecule has 0 saturated carbocycles. The average Bonchev–Trinajstić information content (AvgIpc) is 3.01. The molecule has 0 atom stereocenters. The standard InChI is InChI=1S/C36H29F5N2O/c1-3-5-6-7-24-21-42-35(43-22-24)27-12-15-30(32(37)19-27)26-13-17-31(34(39)18-26)36(40,41)44-28-14-16-29(33(38)20-28)25-10-8-23(4-2)9-11-25/h3,5,8-22H,4,6-7H2,1-2H3. The molecule has 0 unspecified atom stereocenters. The highest BCUT2D eigenvalue weighted by Gasteiger charge is 2.38. The highest BCUT2D eigenvalue weighted by Crippen LogP contribution is 2.37. The topological polar surface area (TPSA) is 35.0 Å². The summed E-state index contributed by atoms with van der Waals surface area (Å²) in [7, 11) is 0. The Labute approximate surface area is 252 Å². The SMILES string of the molecule is CC=CCCc1cnc(-c2ccc(-c3ccc(C(F)(F)Oc4ccc(-c5ccc(CC)cc5)c(F)c4)c(F)c3)c(F)c2)nc1. The normalized spacial score (nSPS) is 11.7. The summed E-state index contributed by atoms with van der Waals surface area (Å²) in [4.78, 5) is 8.62. The Morgan fingerprint density at radius 3 is 1.95 bits per heavy atom. The van der Waals surface area contributed by atoms with E-state index in [1.807, 2.05) is 38.1 Å². The smallest absolute Gasteiger partial charge is 0.429 e. The molecule has 0 spiro atoms. The first kappa shape index (κ1) is 30.6. The van der Waals surface area contributed by atoms with Crippen LogP contribution < -0.4 is 4.74 Å². The molecule has 0 bridgehead atoms. The molecule has 5 aromatic rings. The van der Waals surface area contributed by atoms with Gasteiger partial charge in [0, 0.05) is 35.2 Å². The Bertz CT molecular complexity index is 1780. The van der Waals surface area contributed by atoms with Crippen LogP contribution >= 0.6 is 0 Å². The maximum Gasteiger partial charge on any atom is 0.429 e. The lowest BCUT2D eigenvalue weighted by Gasteiger charge is -2.20. The number of allylic oxidation sites excluding steroid dienone is 2. The van der Waals surface area contributed by atoms with Gasteiger partial charge in [-0.2, -0.15) is 8.78 Å². The summed E-state index contributed by atoms with van der Waals surface area (Å²) in [5, 5.41) is 0. The summed E-state index contributed by atoms with van der Waals surface area (Å²) in [6.45, 7) is 3.94. The van der Waals surface area contributed by atoms with Gasteiger partial charge in [0.25, 0.3) is 0 Å². The van der Waals surface area contributed by atoms with Crippen LogP contribution in [-0.2, 0) is 19.0 Å². The summed E-state index contributed by atoms with van der Waals surface area (Å²) in [6, 6.07) is 17.6. The van der Waals surface area contributed by atoms with Gasteiger partial charge >= 0.3 is 6.11 Å². The Morgan fingerprint density at radius 2 is 1.32 bits per heavy atom. The number of aryl methyl sites for hydroxylation is 2.